The van der Waals surface area contributed by atoms with Gasteiger partial charge in [0.1, 0.15) is 5.01 Å². The van der Waals surface area contributed by atoms with Crippen LogP contribution in [0.5, 0.6) is 0 Å². The highest BCUT2D eigenvalue weighted by Crippen LogP contribution is 2.25. The van der Waals surface area contributed by atoms with Crippen LogP contribution in [0.25, 0.3) is 15.7 Å². The lowest BCUT2D eigenvalue weighted by atomic mass is 10.4. The summed E-state index contributed by atoms with van der Waals surface area (Å²) in [5.74, 6) is 0.579. The quantitative estimate of drug-likeness (QED) is 0.405. The monoisotopic (exact) mass is 347 g/mol. The first kappa shape index (κ1) is 14.0. The minimum absolute atomic E-state index is 0.150. The molecule has 23 heavy (non-hydrogen) atoms. The van der Waals surface area contributed by atoms with Gasteiger partial charge in [-0.05, 0) is 16.4 Å². The van der Waals surface area contributed by atoms with E-state index in [0.717, 1.165) is 20.7 Å². The van der Waals surface area contributed by atoms with Crippen LogP contribution < -0.4 is 0 Å². The molecule has 0 amide bonds. The molecule has 11 heteroatoms. The first-order valence-electron chi connectivity index (χ1n) is 6.63. The molecule has 0 spiro atoms. The van der Waals surface area contributed by atoms with E-state index in [1.54, 1.807) is 26.7 Å². The molecule has 0 saturated heterocycles. The Bertz CT molecular complexity index is 969. The maximum Gasteiger partial charge on any atom is 0.389 e. The highest BCUT2D eigenvalue weighted by atomic mass is 32.1. The lowest BCUT2D eigenvalue weighted by molar-refractivity contribution is -0.389. The molecule has 0 saturated carbocycles. The Balaban J connectivity index is 1.54. The molecule has 4 rings (SSSR count). The summed E-state index contributed by atoms with van der Waals surface area (Å²) in [6.07, 6.45) is 2.21. The number of nitro groups is 1. The van der Waals surface area contributed by atoms with Crippen LogP contribution in [0.1, 0.15) is 5.01 Å². The second-order valence-corrected chi connectivity index (χ2v) is 6.62. The van der Waals surface area contributed by atoms with Crippen molar-refractivity contribution in [1.29, 1.82) is 0 Å². The van der Waals surface area contributed by atoms with Crippen LogP contribution in [0.15, 0.2) is 29.8 Å². The van der Waals surface area contributed by atoms with Gasteiger partial charge < -0.3 is 10.1 Å². The Morgan fingerprint density at radius 1 is 1.26 bits per heavy atom. The molecule has 4 heterocycles. The highest BCUT2D eigenvalue weighted by molar-refractivity contribution is 7.16. The van der Waals surface area contributed by atoms with Gasteiger partial charge in [0.2, 0.25) is 4.96 Å². The average Bonchev–Trinajstić information content (AvgIpc) is 3.27. The van der Waals surface area contributed by atoms with Gasteiger partial charge in [-0.25, -0.2) is 0 Å². The molecule has 0 unspecified atom stereocenters. The number of fused-ring (bicyclic) bond motifs is 1. The fourth-order valence-corrected chi connectivity index (χ4v) is 3.62. The number of hydrogen-bond donors (Lipinski definition) is 0. The van der Waals surface area contributed by atoms with Crippen LogP contribution in [0.4, 0.5) is 5.82 Å². The summed E-state index contributed by atoms with van der Waals surface area (Å²) in [7, 11) is 0. The molecule has 116 valence electrons. The molecule has 0 aliphatic carbocycles. The normalized spacial score (nSPS) is 11.3. The van der Waals surface area contributed by atoms with Gasteiger partial charge in [-0.3, -0.25) is 0 Å². The Hall–Kier alpha value is -2.66. The Morgan fingerprint density at radius 2 is 2.17 bits per heavy atom. The predicted molar refractivity (Wildman–Crippen MR) is 84.6 cm³/mol. The summed E-state index contributed by atoms with van der Waals surface area (Å²) in [5, 5.41) is 30.2. The molecule has 0 aliphatic rings. The SMILES string of the molecule is O=[N+]([O-])c1ccn(CCc2nn3c(-c4cccs4)nnc3s2)n1. The van der Waals surface area contributed by atoms with Crippen LogP contribution in [-0.2, 0) is 13.0 Å². The van der Waals surface area contributed by atoms with E-state index in [1.165, 1.54) is 17.4 Å². The van der Waals surface area contributed by atoms with E-state index in [4.69, 9.17) is 0 Å². The van der Waals surface area contributed by atoms with Crippen LogP contribution in [0.2, 0.25) is 0 Å². The van der Waals surface area contributed by atoms with Crippen molar-refractivity contribution in [2.45, 2.75) is 13.0 Å². The Kier molecular flexibility index (Phi) is 3.35. The fourth-order valence-electron chi connectivity index (χ4n) is 2.10. The summed E-state index contributed by atoms with van der Waals surface area (Å²) in [5.41, 5.74) is 0. The molecule has 4 aromatic heterocycles. The van der Waals surface area contributed by atoms with Gasteiger partial charge in [0, 0.05) is 6.42 Å². The van der Waals surface area contributed by atoms with Crippen LogP contribution in [-0.4, -0.2) is 34.5 Å². The third kappa shape index (κ3) is 2.59. The van der Waals surface area contributed by atoms with E-state index in [-0.39, 0.29) is 5.82 Å². The Labute approximate surface area is 137 Å². The number of aromatic nitrogens is 6. The van der Waals surface area contributed by atoms with Crippen molar-refractivity contribution >= 4 is 33.5 Å². The first-order chi connectivity index (χ1) is 11.2. The largest absolute Gasteiger partial charge is 0.389 e. The predicted octanol–water partition coefficient (Wildman–Crippen LogP) is 2.26. The van der Waals surface area contributed by atoms with Crippen molar-refractivity contribution in [3.63, 3.8) is 0 Å². The van der Waals surface area contributed by atoms with Crippen molar-refractivity contribution in [3.8, 4) is 10.7 Å². The molecular formula is C12H9N7O2S2. The lowest BCUT2D eigenvalue weighted by Gasteiger charge is -1.94. The third-order valence-electron chi connectivity index (χ3n) is 3.14. The minimum Gasteiger partial charge on any atom is -0.358 e. The topological polar surface area (TPSA) is 104 Å². The third-order valence-corrected chi connectivity index (χ3v) is 4.97. The molecule has 0 fully saturated rings. The molecule has 0 aliphatic heterocycles. The van der Waals surface area contributed by atoms with Gasteiger partial charge in [-0.15, -0.1) is 21.5 Å². The summed E-state index contributed by atoms with van der Waals surface area (Å²) in [6, 6.07) is 5.31. The number of nitrogens with zero attached hydrogens (tertiary/aromatic N) is 7. The van der Waals surface area contributed by atoms with Gasteiger partial charge in [-0.1, -0.05) is 17.4 Å². The molecule has 9 nitrogen and oxygen atoms in total. The minimum atomic E-state index is -0.507. The standard InChI is InChI=1S/C12H9N7O2S2/c20-19(21)9-3-5-17(15-9)6-4-10-16-18-11(8-2-1-7-22-8)13-14-12(18)23-10/h1-3,5,7H,4,6H2. The summed E-state index contributed by atoms with van der Waals surface area (Å²) >= 11 is 3.04. The van der Waals surface area contributed by atoms with Gasteiger partial charge >= 0.3 is 5.82 Å². The van der Waals surface area contributed by atoms with Crippen LogP contribution in [0.3, 0.4) is 0 Å². The van der Waals surface area contributed by atoms with Crippen molar-refractivity contribution < 1.29 is 4.92 Å². The molecule has 0 bridgehead atoms. The van der Waals surface area contributed by atoms with Gasteiger partial charge in [0.25, 0.3) is 0 Å². The lowest BCUT2D eigenvalue weighted by Crippen LogP contribution is -2.03. The van der Waals surface area contributed by atoms with Crippen molar-refractivity contribution in [2.75, 3.05) is 0 Å². The molecule has 4 aromatic rings. The summed E-state index contributed by atoms with van der Waals surface area (Å²) < 4.78 is 3.28. The van der Waals surface area contributed by atoms with Crippen molar-refractivity contribution in [3.05, 3.63) is 44.9 Å². The molecule has 0 N–H and O–H groups in total. The number of hydrogen-bond acceptors (Lipinski definition) is 8. The summed E-state index contributed by atoms with van der Waals surface area (Å²) in [4.78, 5) is 11.9. The van der Waals surface area contributed by atoms with E-state index in [2.05, 4.69) is 20.4 Å². The van der Waals surface area contributed by atoms with Gasteiger partial charge in [0.15, 0.2) is 5.82 Å². The first-order valence-corrected chi connectivity index (χ1v) is 8.33. The molecule has 0 atom stereocenters. The molecular weight excluding hydrogens is 338 g/mol. The maximum absolute atomic E-state index is 10.6. The average molecular weight is 347 g/mol. The van der Waals surface area contributed by atoms with Crippen LogP contribution in [0, 0.1) is 10.1 Å². The van der Waals surface area contributed by atoms with Crippen LogP contribution >= 0.6 is 22.7 Å². The maximum atomic E-state index is 10.6. The second kappa shape index (κ2) is 5.52. The smallest absolute Gasteiger partial charge is 0.358 e. The van der Waals surface area contributed by atoms with Gasteiger partial charge in [-0.2, -0.15) is 14.3 Å². The van der Waals surface area contributed by atoms with E-state index in [0.29, 0.717) is 13.0 Å². The van der Waals surface area contributed by atoms with E-state index in [9.17, 15) is 10.1 Å². The molecule has 0 radical (unpaired) electrons. The number of rotatable bonds is 5. The highest BCUT2D eigenvalue weighted by Gasteiger charge is 2.15. The zero-order valence-electron chi connectivity index (χ0n) is 11.6. The second-order valence-electron chi connectivity index (χ2n) is 4.64. The zero-order valence-corrected chi connectivity index (χ0v) is 13.2. The van der Waals surface area contributed by atoms with E-state index < -0.39 is 4.92 Å². The summed E-state index contributed by atoms with van der Waals surface area (Å²) in [6.45, 7) is 0.520. The molecule has 0 aromatic carbocycles. The number of aryl methyl sites for hydroxylation is 2. The van der Waals surface area contributed by atoms with E-state index in [1.807, 2.05) is 17.5 Å². The van der Waals surface area contributed by atoms with Gasteiger partial charge in [0.05, 0.1) is 28.8 Å². The fraction of sp³-hybridized carbons (Fsp3) is 0.167. The zero-order chi connectivity index (χ0) is 15.8. The Morgan fingerprint density at radius 3 is 2.91 bits per heavy atom. The van der Waals surface area contributed by atoms with E-state index >= 15 is 0 Å². The van der Waals surface area contributed by atoms with Crippen molar-refractivity contribution in [2.24, 2.45) is 0 Å². The number of thiophene rings is 1. The van der Waals surface area contributed by atoms with Crippen molar-refractivity contribution in [1.82, 2.24) is 29.6 Å².